The Bertz CT molecular complexity index is 563. The number of hydrogen-bond acceptors (Lipinski definition) is 2. The van der Waals surface area contributed by atoms with E-state index in [9.17, 15) is 8.78 Å². The molecule has 2 aromatic rings. The van der Waals surface area contributed by atoms with Crippen molar-refractivity contribution >= 4 is 0 Å². The van der Waals surface area contributed by atoms with Gasteiger partial charge in [0, 0.05) is 30.4 Å². The average Bonchev–Trinajstić information content (AvgIpc) is 2.69. The maximum atomic E-state index is 13.7. The Kier molecular flexibility index (Phi) is 3.43. The van der Waals surface area contributed by atoms with E-state index in [0.29, 0.717) is 6.42 Å². The van der Waals surface area contributed by atoms with Gasteiger partial charge in [0.25, 0.3) is 0 Å². The molecule has 0 aliphatic heterocycles. The van der Waals surface area contributed by atoms with Crippen molar-refractivity contribution in [3.8, 4) is 0 Å². The van der Waals surface area contributed by atoms with E-state index in [-0.39, 0.29) is 5.56 Å². The predicted octanol–water partition coefficient (Wildman–Crippen LogP) is 2.31. The van der Waals surface area contributed by atoms with Crippen LogP contribution < -0.4 is 5.73 Å². The molecule has 1 atom stereocenters. The van der Waals surface area contributed by atoms with Crippen molar-refractivity contribution in [2.24, 2.45) is 12.8 Å². The summed E-state index contributed by atoms with van der Waals surface area (Å²) in [6, 6.07) is 2.80. The van der Waals surface area contributed by atoms with Gasteiger partial charge in [0.05, 0.1) is 11.7 Å². The van der Waals surface area contributed by atoms with Gasteiger partial charge in [-0.2, -0.15) is 5.10 Å². The Morgan fingerprint density at radius 2 is 2.06 bits per heavy atom. The van der Waals surface area contributed by atoms with Crippen molar-refractivity contribution in [2.75, 3.05) is 0 Å². The minimum absolute atomic E-state index is 0.277. The summed E-state index contributed by atoms with van der Waals surface area (Å²) < 4.78 is 28.2. The van der Waals surface area contributed by atoms with E-state index in [4.69, 9.17) is 5.73 Å². The molecule has 1 aromatic carbocycles. The van der Waals surface area contributed by atoms with Crippen molar-refractivity contribution in [3.63, 3.8) is 0 Å². The van der Waals surface area contributed by atoms with E-state index in [1.54, 1.807) is 17.9 Å². The molecule has 0 spiro atoms. The van der Waals surface area contributed by atoms with Gasteiger partial charge < -0.3 is 5.73 Å². The van der Waals surface area contributed by atoms with E-state index < -0.39 is 17.7 Å². The van der Waals surface area contributed by atoms with E-state index in [0.717, 1.165) is 17.3 Å². The fraction of sp³-hybridized carbons (Fsp3) is 0.308. The molecule has 0 saturated heterocycles. The molecule has 2 rings (SSSR count). The Balaban J connectivity index is 2.43. The highest BCUT2D eigenvalue weighted by atomic mass is 19.1. The predicted molar refractivity (Wildman–Crippen MR) is 65.0 cm³/mol. The van der Waals surface area contributed by atoms with Crippen LogP contribution >= 0.6 is 0 Å². The van der Waals surface area contributed by atoms with Gasteiger partial charge >= 0.3 is 0 Å². The van der Waals surface area contributed by atoms with Gasteiger partial charge in [0.2, 0.25) is 0 Å². The minimum Gasteiger partial charge on any atom is -0.320 e. The summed E-state index contributed by atoms with van der Waals surface area (Å²) in [5.41, 5.74) is 7.91. The summed E-state index contributed by atoms with van der Waals surface area (Å²) in [4.78, 5) is 0. The molecule has 0 saturated carbocycles. The van der Waals surface area contributed by atoms with Crippen molar-refractivity contribution < 1.29 is 8.78 Å². The SMILES string of the molecule is CCc1nn(C)cc1C(N)c1ccc(F)cc1F. The number of nitrogens with two attached hydrogens (primary N) is 1. The van der Waals surface area contributed by atoms with Crippen molar-refractivity contribution in [2.45, 2.75) is 19.4 Å². The first-order chi connectivity index (χ1) is 8.52. The second kappa shape index (κ2) is 4.86. The van der Waals surface area contributed by atoms with Crippen LogP contribution in [0.25, 0.3) is 0 Å². The summed E-state index contributed by atoms with van der Waals surface area (Å²) in [5, 5.41) is 4.26. The first kappa shape index (κ1) is 12.7. The molecule has 1 aromatic heterocycles. The van der Waals surface area contributed by atoms with Gasteiger partial charge in [0.1, 0.15) is 11.6 Å². The van der Waals surface area contributed by atoms with E-state index >= 15 is 0 Å². The highest BCUT2D eigenvalue weighted by Crippen LogP contribution is 2.25. The summed E-state index contributed by atoms with van der Waals surface area (Å²) >= 11 is 0. The lowest BCUT2D eigenvalue weighted by Crippen LogP contribution is -2.14. The maximum absolute atomic E-state index is 13.7. The lowest BCUT2D eigenvalue weighted by molar-refractivity contribution is 0.565. The molecule has 1 heterocycles. The lowest BCUT2D eigenvalue weighted by Gasteiger charge is -2.12. The van der Waals surface area contributed by atoms with Crippen molar-refractivity contribution in [3.05, 3.63) is 52.9 Å². The Morgan fingerprint density at radius 3 is 2.67 bits per heavy atom. The zero-order chi connectivity index (χ0) is 13.3. The van der Waals surface area contributed by atoms with Crippen LogP contribution in [0.2, 0.25) is 0 Å². The van der Waals surface area contributed by atoms with E-state index in [1.165, 1.54) is 12.1 Å². The van der Waals surface area contributed by atoms with Crippen LogP contribution in [0.1, 0.15) is 29.8 Å². The zero-order valence-corrected chi connectivity index (χ0v) is 10.3. The number of nitrogens with zero attached hydrogens (tertiary/aromatic N) is 2. The molecule has 0 aliphatic carbocycles. The van der Waals surface area contributed by atoms with E-state index in [1.807, 2.05) is 6.92 Å². The molecule has 18 heavy (non-hydrogen) atoms. The molecule has 0 fully saturated rings. The maximum Gasteiger partial charge on any atom is 0.131 e. The van der Waals surface area contributed by atoms with Gasteiger partial charge in [-0.15, -0.1) is 0 Å². The third-order valence-electron chi connectivity index (χ3n) is 2.91. The third kappa shape index (κ3) is 2.26. The van der Waals surface area contributed by atoms with Gasteiger partial charge in [-0.05, 0) is 12.5 Å². The molecule has 96 valence electrons. The van der Waals surface area contributed by atoms with Gasteiger partial charge in [0.15, 0.2) is 0 Å². The first-order valence-electron chi connectivity index (χ1n) is 5.76. The Labute approximate surface area is 104 Å². The molecular formula is C13H15F2N3. The van der Waals surface area contributed by atoms with E-state index in [2.05, 4.69) is 5.10 Å². The molecule has 0 radical (unpaired) electrons. The first-order valence-corrected chi connectivity index (χ1v) is 5.76. The summed E-state index contributed by atoms with van der Waals surface area (Å²) in [5.74, 6) is -1.24. The van der Waals surface area contributed by atoms with Crippen molar-refractivity contribution in [1.82, 2.24) is 9.78 Å². The quantitative estimate of drug-likeness (QED) is 0.909. The average molecular weight is 251 g/mol. The molecular weight excluding hydrogens is 236 g/mol. The second-order valence-electron chi connectivity index (χ2n) is 4.20. The largest absolute Gasteiger partial charge is 0.320 e. The molecule has 1 unspecified atom stereocenters. The number of halogens is 2. The summed E-state index contributed by atoms with van der Waals surface area (Å²) in [6.45, 7) is 1.96. The molecule has 2 N–H and O–H groups in total. The third-order valence-corrected chi connectivity index (χ3v) is 2.91. The number of aryl methyl sites for hydroxylation is 2. The topological polar surface area (TPSA) is 43.8 Å². The number of hydrogen-bond donors (Lipinski definition) is 1. The van der Waals surface area contributed by atoms with Crippen LogP contribution in [-0.4, -0.2) is 9.78 Å². The standard InChI is InChI=1S/C13H15F2N3/c1-3-12-10(7-18(2)17-12)13(16)9-5-4-8(14)6-11(9)15/h4-7,13H,3,16H2,1-2H3. The molecule has 5 heteroatoms. The molecule has 0 amide bonds. The monoisotopic (exact) mass is 251 g/mol. The lowest BCUT2D eigenvalue weighted by atomic mass is 9.99. The fourth-order valence-corrected chi connectivity index (χ4v) is 2.01. The van der Waals surface area contributed by atoms with Crippen LogP contribution in [0, 0.1) is 11.6 Å². The zero-order valence-electron chi connectivity index (χ0n) is 10.3. The highest BCUT2D eigenvalue weighted by Gasteiger charge is 2.19. The second-order valence-corrected chi connectivity index (χ2v) is 4.20. The number of aromatic nitrogens is 2. The van der Waals surface area contributed by atoms with Gasteiger partial charge in [-0.3, -0.25) is 4.68 Å². The van der Waals surface area contributed by atoms with Crippen LogP contribution in [-0.2, 0) is 13.5 Å². The van der Waals surface area contributed by atoms with Gasteiger partial charge in [-0.1, -0.05) is 13.0 Å². The smallest absolute Gasteiger partial charge is 0.131 e. The minimum atomic E-state index is -0.631. The molecule has 0 bridgehead atoms. The summed E-state index contributed by atoms with van der Waals surface area (Å²) in [6.07, 6.45) is 2.49. The number of rotatable bonds is 3. The normalized spacial score (nSPS) is 12.7. The van der Waals surface area contributed by atoms with Crippen LogP contribution in [0.3, 0.4) is 0 Å². The molecule has 0 aliphatic rings. The van der Waals surface area contributed by atoms with Gasteiger partial charge in [-0.25, -0.2) is 8.78 Å². The van der Waals surface area contributed by atoms with Crippen LogP contribution in [0.15, 0.2) is 24.4 Å². The van der Waals surface area contributed by atoms with Crippen LogP contribution in [0.4, 0.5) is 8.78 Å². The molecule has 3 nitrogen and oxygen atoms in total. The fourth-order valence-electron chi connectivity index (χ4n) is 2.01. The number of benzene rings is 1. The summed E-state index contributed by atoms with van der Waals surface area (Å²) in [7, 11) is 1.79. The Hall–Kier alpha value is -1.75. The van der Waals surface area contributed by atoms with Crippen LogP contribution in [0.5, 0.6) is 0 Å². The highest BCUT2D eigenvalue weighted by molar-refractivity contribution is 5.33. The van der Waals surface area contributed by atoms with Crippen molar-refractivity contribution in [1.29, 1.82) is 0 Å². The Morgan fingerprint density at radius 1 is 1.33 bits per heavy atom.